The van der Waals surface area contributed by atoms with Crippen molar-refractivity contribution in [2.24, 2.45) is 5.92 Å². The summed E-state index contributed by atoms with van der Waals surface area (Å²) < 4.78 is 1.64. The molecule has 2 heterocycles. The number of likely N-dealkylation sites (N-methyl/N-ethyl adjacent to an activating group) is 1. The Kier molecular flexibility index (Phi) is 5.93. The summed E-state index contributed by atoms with van der Waals surface area (Å²) in [5, 5.41) is 7.46. The van der Waals surface area contributed by atoms with Gasteiger partial charge in [0.05, 0.1) is 6.20 Å². The number of nitrogens with one attached hydrogen (secondary N) is 1. The molecule has 2 amide bonds. The largest absolute Gasteiger partial charge is 0.347 e. The van der Waals surface area contributed by atoms with E-state index < -0.39 is 0 Å². The van der Waals surface area contributed by atoms with Crippen LogP contribution in [0.5, 0.6) is 0 Å². The Bertz CT molecular complexity index is 900. The number of fused-ring (bicyclic) bond motifs is 1. The van der Waals surface area contributed by atoms with Crippen molar-refractivity contribution in [3.8, 4) is 0 Å². The van der Waals surface area contributed by atoms with Crippen LogP contribution in [0.2, 0.25) is 0 Å². The quantitative estimate of drug-likeness (QED) is 0.653. The number of hydrogen-bond acceptors (Lipinski definition) is 5. The number of carbonyl (C=O) groups is 2. The first-order chi connectivity index (χ1) is 13.6. The van der Waals surface area contributed by atoms with Gasteiger partial charge >= 0.3 is 0 Å². The van der Waals surface area contributed by atoms with E-state index in [1.54, 1.807) is 15.6 Å². The van der Waals surface area contributed by atoms with Gasteiger partial charge in [0.25, 0.3) is 5.91 Å². The van der Waals surface area contributed by atoms with Gasteiger partial charge < -0.3 is 10.2 Å². The third-order valence-corrected chi connectivity index (χ3v) is 5.91. The topological polar surface area (TPSA) is 82.8 Å². The fourth-order valence-electron chi connectivity index (χ4n) is 3.42. The molecule has 8 nitrogen and oxygen atoms in total. The van der Waals surface area contributed by atoms with Crippen LogP contribution in [0.25, 0.3) is 5.65 Å². The molecule has 2 aromatic heterocycles. The van der Waals surface area contributed by atoms with Gasteiger partial charge in [-0.15, -0.1) is 0 Å². The smallest absolute Gasteiger partial charge is 0.257 e. The van der Waals surface area contributed by atoms with Crippen molar-refractivity contribution in [1.29, 1.82) is 0 Å². The summed E-state index contributed by atoms with van der Waals surface area (Å²) in [4.78, 5) is 33.0. The summed E-state index contributed by atoms with van der Waals surface area (Å²) in [5.41, 5.74) is 1.45. The summed E-state index contributed by atoms with van der Waals surface area (Å²) in [7, 11) is 2.02. The summed E-state index contributed by atoms with van der Waals surface area (Å²) in [6, 6.07) is 2.21. The molecule has 8 heteroatoms. The van der Waals surface area contributed by atoms with Gasteiger partial charge in [-0.05, 0) is 60.4 Å². The number of nitrogens with zero attached hydrogens (tertiary/aromatic N) is 5. The van der Waals surface area contributed by atoms with Gasteiger partial charge in [-0.2, -0.15) is 5.10 Å². The summed E-state index contributed by atoms with van der Waals surface area (Å²) >= 11 is 0. The highest BCUT2D eigenvalue weighted by atomic mass is 16.2. The molecule has 1 saturated carbocycles. The molecule has 0 saturated heterocycles. The Balaban J connectivity index is 1.87. The average Bonchev–Trinajstić information content (AvgIpc) is 3.42. The molecule has 0 radical (unpaired) electrons. The first kappa shape index (κ1) is 21.2. The van der Waals surface area contributed by atoms with E-state index in [1.807, 2.05) is 20.0 Å². The van der Waals surface area contributed by atoms with E-state index in [9.17, 15) is 9.59 Å². The molecule has 1 fully saturated rings. The highest BCUT2D eigenvalue weighted by molar-refractivity contribution is 6.00. The van der Waals surface area contributed by atoms with E-state index in [1.165, 1.54) is 0 Å². The summed E-state index contributed by atoms with van der Waals surface area (Å²) in [6.45, 7) is 11.5. The van der Waals surface area contributed by atoms with Gasteiger partial charge in [-0.25, -0.2) is 9.50 Å². The SMILES string of the molecule is Cc1cc(N(C=O)CCN(C)C(C)C)nc2c(C(=O)NC(C)(C)C3CC3)cnn12. The van der Waals surface area contributed by atoms with Crippen LogP contribution in [0.3, 0.4) is 0 Å². The maximum Gasteiger partial charge on any atom is 0.257 e. The fourth-order valence-corrected chi connectivity index (χ4v) is 3.42. The molecule has 0 aromatic carbocycles. The lowest BCUT2D eigenvalue weighted by Gasteiger charge is -2.26. The summed E-state index contributed by atoms with van der Waals surface area (Å²) in [5.74, 6) is 0.860. The van der Waals surface area contributed by atoms with Gasteiger partial charge in [0.15, 0.2) is 5.65 Å². The normalized spacial score (nSPS) is 14.6. The number of rotatable bonds is 9. The third kappa shape index (κ3) is 4.58. The van der Waals surface area contributed by atoms with Crippen LogP contribution in [-0.4, -0.2) is 63.5 Å². The molecule has 0 unspecified atom stereocenters. The molecule has 2 aromatic rings. The van der Waals surface area contributed by atoms with Crippen LogP contribution in [0.15, 0.2) is 12.3 Å². The molecule has 3 rings (SSSR count). The highest BCUT2D eigenvalue weighted by Crippen LogP contribution is 2.39. The first-order valence-corrected chi connectivity index (χ1v) is 10.2. The van der Waals surface area contributed by atoms with Crippen molar-refractivity contribution >= 4 is 23.8 Å². The number of hydrogen-bond donors (Lipinski definition) is 1. The van der Waals surface area contributed by atoms with Crippen molar-refractivity contribution in [1.82, 2.24) is 24.8 Å². The predicted molar refractivity (Wildman–Crippen MR) is 113 cm³/mol. The second-order valence-electron chi connectivity index (χ2n) is 8.87. The fraction of sp³-hybridized carbons (Fsp3) is 0.619. The lowest BCUT2D eigenvalue weighted by molar-refractivity contribution is -0.107. The number of carbonyl (C=O) groups excluding carboxylic acids is 2. The molecule has 0 atom stereocenters. The second kappa shape index (κ2) is 8.10. The number of aromatic nitrogens is 3. The molecule has 158 valence electrons. The average molecular weight is 401 g/mol. The molecule has 0 aliphatic heterocycles. The maximum atomic E-state index is 12.9. The monoisotopic (exact) mass is 400 g/mol. The first-order valence-electron chi connectivity index (χ1n) is 10.2. The van der Waals surface area contributed by atoms with Crippen molar-refractivity contribution in [3.05, 3.63) is 23.5 Å². The van der Waals surface area contributed by atoms with Crippen molar-refractivity contribution in [2.75, 3.05) is 25.0 Å². The van der Waals surface area contributed by atoms with Crippen LogP contribution in [0.1, 0.15) is 56.6 Å². The molecule has 1 aliphatic rings. The lowest BCUT2D eigenvalue weighted by atomic mass is 9.98. The Hall–Kier alpha value is -2.48. The van der Waals surface area contributed by atoms with Gasteiger partial charge in [0, 0.05) is 36.4 Å². The zero-order chi connectivity index (χ0) is 21.3. The molecular formula is C21H32N6O2. The third-order valence-electron chi connectivity index (χ3n) is 5.91. The molecule has 0 bridgehead atoms. The predicted octanol–water partition coefficient (Wildman–Crippen LogP) is 2.26. The van der Waals surface area contributed by atoms with Crippen LogP contribution >= 0.6 is 0 Å². The number of aryl methyl sites for hydroxylation is 1. The standard InChI is InChI=1S/C21H32N6O2/c1-14(2)25(6)9-10-26(13-28)18-11-15(3)27-19(23-18)17(12-22-27)20(29)24-21(4,5)16-7-8-16/h11-14,16H,7-10H2,1-6H3,(H,24,29). The van der Waals surface area contributed by atoms with Crippen LogP contribution in [-0.2, 0) is 4.79 Å². The number of amides is 2. The van der Waals surface area contributed by atoms with E-state index in [0.717, 1.165) is 31.5 Å². The number of anilines is 1. The molecule has 29 heavy (non-hydrogen) atoms. The minimum Gasteiger partial charge on any atom is -0.347 e. The van der Waals surface area contributed by atoms with Gasteiger partial charge in [0.2, 0.25) is 6.41 Å². The highest BCUT2D eigenvalue weighted by Gasteiger charge is 2.39. The van der Waals surface area contributed by atoms with Crippen molar-refractivity contribution in [3.63, 3.8) is 0 Å². The summed E-state index contributed by atoms with van der Waals surface area (Å²) in [6.07, 6.45) is 4.62. The Morgan fingerprint density at radius 3 is 2.66 bits per heavy atom. The van der Waals surface area contributed by atoms with Gasteiger partial charge in [0.1, 0.15) is 11.4 Å². The zero-order valence-corrected chi connectivity index (χ0v) is 18.3. The van der Waals surface area contributed by atoms with Gasteiger partial charge in [-0.1, -0.05) is 0 Å². The van der Waals surface area contributed by atoms with E-state index in [4.69, 9.17) is 0 Å². The zero-order valence-electron chi connectivity index (χ0n) is 18.3. The van der Waals surface area contributed by atoms with Gasteiger partial charge in [-0.3, -0.25) is 14.5 Å². The van der Waals surface area contributed by atoms with E-state index in [-0.39, 0.29) is 11.4 Å². The minimum absolute atomic E-state index is 0.182. The van der Waals surface area contributed by atoms with E-state index in [2.05, 4.69) is 48.0 Å². The van der Waals surface area contributed by atoms with E-state index in [0.29, 0.717) is 35.5 Å². The van der Waals surface area contributed by atoms with E-state index >= 15 is 0 Å². The van der Waals surface area contributed by atoms with Crippen LogP contribution in [0, 0.1) is 12.8 Å². The molecule has 1 N–H and O–H groups in total. The second-order valence-corrected chi connectivity index (χ2v) is 8.87. The Morgan fingerprint density at radius 1 is 1.38 bits per heavy atom. The Labute approximate surface area is 172 Å². The lowest BCUT2D eigenvalue weighted by Crippen LogP contribution is -2.45. The maximum absolute atomic E-state index is 12.9. The molecule has 0 spiro atoms. The molecule has 1 aliphatic carbocycles. The Morgan fingerprint density at radius 2 is 2.07 bits per heavy atom. The van der Waals surface area contributed by atoms with Crippen LogP contribution < -0.4 is 10.2 Å². The minimum atomic E-state index is -0.256. The molecular weight excluding hydrogens is 368 g/mol. The van der Waals surface area contributed by atoms with Crippen molar-refractivity contribution in [2.45, 2.75) is 59.0 Å². The van der Waals surface area contributed by atoms with Crippen LogP contribution in [0.4, 0.5) is 5.82 Å². The van der Waals surface area contributed by atoms with Crippen molar-refractivity contribution < 1.29 is 9.59 Å².